The summed E-state index contributed by atoms with van der Waals surface area (Å²) in [4.78, 5) is 26.6. The number of hydrogen-bond donors (Lipinski definition) is 1. The molecule has 0 bridgehead atoms. The van der Waals surface area contributed by atoms with E-state index in [1.807, 2.05) is 12.1 Å². The molecule has 2 amide bonds. The molecule has 0 aliphatic rings. The maximum atomic E-state index is 13.0. The summed E-state index contributed by atoms with van der Waals surface area (Å²) in [7, 11) is 1.41. The van der Waals surface area contributed by atoms with Crippen LogP contribution in [-0.4, -0.2) is 29.1 Å². The van der Waals surface area contributed by atoms with Gasteiger partial charge < -0.3 is 10.2 Å². The summed E-state index contributed by atoms with van der Waals surface area (Å²) < 4.78 is 39.1. The molecule has 4 aromatic rings. The second-order valence-corrected chi connectivity index (χ2v) is 8.48. The minimum atomic E-state index is -4.51. The average molecular weight is 509 g/mol. The molecule has 0 spiro atoms. The van der Waals surface area contributed by atoms with Crippen LogP contribution in [0.15, 0.2) is 84.4 Å². The number of anilines is 2. The predicted molar refractivity (Wildman–Crippen MR) is 134 cm³/mol. The summed E-state index contributed by atoms with van der Waals surface area (Å²) >= 11 is 1.35. The molecular weight excluding hydrogens is 489 g/mol. The highest BCUT2D eigenvalue weighted by Crippen LogP contribution is 2.32. The summed E-state index contributed by atoms with van der Waals surface area (Å²) in [6.07, 6.45) is -1.64. The molecule has 3 aromatic carbocycles. The second kappa shape index (κ2) is 10.5. The van der Waals surface area contributed by atoms with Gasteiger partial charge in [0.25, 0.3) is 5.91 Å². The van der Waals surface area contributed by atoms with E-state index in [1.54, 1.807) is 48.0 Å². The Labute approximate surface area is 208 Å². The van der Waals surface area contributed by atoms with E-state index in [9.17, 15) is 22.8 Å². The summed E-state index contributed by atoms with van der Waals surface area (Å²) in [5.74, 6) is -0.871. The Morgan fingerprint density at radius 1 is 1.00 bits per heavy atom. The predicted octanol–water partition coefficient (Wildman–Crippen LogP) is 6.15. The largest absolute Gasteiger partial charge is 0.416 e. The van der Waals surface area contributed by atoms with Crippen LogP contribution in [0.1, 0.15) is 21.5 Å². The van der Waals surface area contributed by atoms with E-state index in [2.05, 4.69) is 15.5 Å². The van der Waals surface area contributed by atoms with E-state index in [0.717, 1.165) is 22.6 Å². The Morgan fingerprint density at radius 2 is 1.78 bits per heavy atom. The van der Waals surface area contributed by atoms with Crippen LogP contribution < -0.4 is 10.2 Å². The van der Waals surface area contributed by atoms with Crippen molar-refractivity contribution in [2.24, 2.45) is 0 Å². The number of carbonyl (C=O) groups is 2. The minimum absolute atomic E-state index is 0.115. The van der Waals surface area contributed by atoms with Crippen LogP contribution >= 0.6 is 11.3 Å². The summed E-state index contributed by atoms with van der Waals surface area (Å²) in [6, 6.07) is 18.2. The Bertz CT molecular complexity index is 1420. The van der Waals surface area contributed by atoms with Crippen LogP contribution in [0.4, 0.5) is 24.5 Å². The molecule has 0 saturated heterocycles. The molecule has 6 nitrogen and oxygen atoms in total. The van der Waals surface area contributed by atoms with Gasteiger partial charge in [-0.05, 0) is 54.1 Å². The maximum absolute atomic E-state index is 13.0. The van der Waals surface area contributed by atoms with Gasteiger partial charge in [0.1, 0.15) is 10.5 Å². The molecule has 0 aliphatic carbocycles. The molecule has 1 N–H and O–H groups in total. The fraction of sp³-hybridized carbons (Fsp3) is 0.0769. The van der Waals surface area contributed by atoms with Gasteiger partial charge in [-0.2, -0.15) is 13.2 Å². The van der Waals surface area contributed by atoms with E-state index in [4.69, 9.17) is 0 Å². The zero-order valence-electron chi connectivity index (χ0n) is 18.9. The smallest absolute Gasteiger partial charge is 0.322 e. The van der Waals surface area contributed by atoms with Crippen molar-refractivity contribution < 1.29 is 22.8 Å². The number of halogens is 3. The SMILES string of the molecule is CN(C(=O)c1cccc(C=CC(=O)Nc2ccccc2-c2nncs2)c1)c1cccc(C(F)(F)F)c1. The molecule has 0 radical (unpaired) electrons. The summed E-state index contributed by atoms with van der Waals surface area (Å²) in [6.45, 7) is 0. The van der Waals surface area contributed by atoms with Gasteiger partial charge in [-0.15, -0.1) is 10.2 Å². The number of nitrogens with one attached hydrogen (secondary N) is 1. The van der Waals surface area contributed by atoms with Crippen LogP contribution in [-0.2, 0) is 11.0 Å². The van der Waals surface area contributed by atoms with E-state index in [1.165, 1.54) is 36.6 Å². The van der Waals surface area contributed by atoms with Crippen LogP contribution in [0.5, 0.6) is 0 Å². The molecule has 0 aliphatic heterocycles. The first kappa shape index (κ1) is 24.8. The fourth-order valence-electron chi connectivity index (χ4n) is 3.39. The molecule has 182 valence electrons. The zero-order valence-corrected chi connectivity index (χ0v) is 19.7. The highest BCUT2D eigenvalue weighted by atomic mass is 32.1. The Hall–Kier alpha value is -4.31. The van der Waals surface area contributed by atoms with Gasteiger partial charge in [0.2, 0.25) is 5.91 Å². The number of rotatable bonds is 6. The van der Waals surface area contributed by atoms with Gasteiger partial charge in [-0.25, -0.2) is 0 Å². The van der Waals surface area contributed by atoms with Crippen LogP contribution in [0.3, 0.4) is 0 Å². The van der Waals surface area contributed by atoms with Crippen LogP contribution in [0.25, 0.3) is 16.6 Å². The highest BCUT2D eigenvalue weighted by Gasteiger charge is 2.31. The molecule has 0 atom stereocenters. The first-order valence-corrected chi connectivity index (χ1v) is 11.5. The third-order valence-electron chi connectivity index (χ3n) is 5.20. The minimum Gasteiger partial charge on any atom is -0.322 e. The number of hydrogen-bond acceptors (Lipinski definition) is 5. The highest BCUT2D eigenvalue weighted by molar-refractivity contribution is 7.12. The van der Waals surface area contributed by atoms with Crippen molar-refractivity contribution in [1.29, 1.82) is 0 Å². The lowest BCUT2D eigenvalue weighted by Gasteiger charge is -2.19. The molecule has 0 fully saturated rings. The van der Waals surface area contributed by atoms with Gasteiger partial charge in [-0.3, -0.25) is 9.59 Å². The Morgan fingerprint density at radius 3 is 2.53 bits per heavy atom. The van der Waals surface area contributed by atoms with Crippen molar-refractivity contribution in [3.8, 4) is 10.6 Å². The molecule has 0 saturated carbocycles. The van der Waals surface area contributed by atoms with E-state index in [0.29, 0.717) is 16.3 Å². The van der Waals surface area contributed by atoms with Crippen molar-refractivity contribution in [1.82, 2.24) is 10.2 Å². The van der Waals surface area contributed by atoms with E-state index >= 15 is 0 Å². The average Bonchev–Trinajstić information content (AvgIpc) is 3.41. The van der Waals surface area contributed by atoms with Crippen molar-refractivity contribution >= 4 is 40.6 Å². The molecule has 10 heteroatoms. The zero-order chi connectivity index (χ0) is 25.7. The van der Waals surface area contributed by atoms with Gasteiger partial charge in [0.05, 0.1) is 11.3 Å². The van der Waals surface area contributed by atoms with Crippen molar-refractivity contribution in [2.75, 3.05) is 17.3 Å². The number of para-hydroxylation sites is 1. The number of carbonyl (C=O) groups excluding carboxylic acids is 2. The van der Waals surface area contributed by atoms with E-state index in [-0.39, 0.29) is 17.2 Å². The van der Waals surface area contributed by atoms with Crippen LogP contribution in [0.2, 0.25) is 0 Å². The van der Waals surface area contributed by atoms with Gasteiger partial charge in [0, 0.05) is 29.9 Å². The summed E-state index contributed by atoms with van der Waals surface area (Å²) in [5.41, 5.74) is 3.04. The summed E-state index contributed by atoms with van der Waals surface area (Å²) in [5, 5.41) is 11.3. The Kier molecular flexibility index (Phi) is 7.25. The van der Waals surface area contributed by atoms with Gasteiger partial charge >= 0.3 is 6.18 Å². The van der Waals surface area contributed by atoms with Crippen molar-refractivity contribution in [3.63, 3.8) is 0 Å². The molecule has 0 unspecified atom stereocenters. The van der Waals surface area contributed by atoms with E-state index < -0.39 is 17.6 Å². The van der Waals surface area contributed by atoms with Gasteiger partial charge in [0.15, 0.2) is 0 Å². The molecule has 1 aromatic heterocycles. The van der Waals surface area contributed by atoms with Crippen LogP contribution in [0, 0.1) is 0 Å². The quantitative estimate of drug-likeness (QED) is 0.317. The van der Waals surface area contributed by atoms with Gasteiger partial charge in [-0.1, -0.05) is 41.7 Å². The van der Waals surface area contributed by atoms with Crippen molar-refractivity contribution in [3.05, 3.63) is 101 Å². The molecule has 1 heterocycles. The topological polar surface area (TPSA) is 75.2 Å². The normalized spacial score (nSPS) is 11.4. The van der Waals surface area contributed by atoms with Crippen molar-refractivity contribution in [2.45, 2.75) is 6.18 Å². The standard InChI is InChI=1S/C26H19F3N4O2S/c1-33(20-9-5-8-19(15-20)26(27,28)29)25(35)18-7-4-6-17(14-18)12-13-23(34)31-22-11-3-2-10-21(22)24-32-30-16-36-24/h2-16H,1H3,(H,31,34). The Balaban J connectivity index is 1.47. The lowest BCUT2D eigenvalue weighted by atomic mass is 10.1. The lowest BCUT2D eigenvalue weighted by Crippen LogP contribution is -2.26. The number of nitrogens with zero attached hydrogens (tertiary/aromatic N) is 3. The monoisotopic (exact) mass is 508 g/mol. The number of benzene rings is 3. The fourth-order valence-corrected chi connectivity index (χ4v) is 3.99. The third kappa shape index (κ3) is 5.84. The first-order chi connectivity index (χ1) is 17.2. The molecule has 4 rings (SSSR count). The number of amides is 2. The number of aromatic nitrogens is 2. The first-order valence-electron chi connectivity index (χ1n) is 10.6. The second-order valence-electron chi connectivity index (χ2n) is 7.65. The third-order valence-corrected chi connectivity index (χ3v) is 5.93. The maximum Gasteiger partial charge on any atom is 0.416 e. The molecule has 36 heavy (non-hydrogen) atoms. The lowest BCUT2D eigenvalue weighted by molar-refractivity contribution is -0.137. The number of alkyl halides is 3. The molecular formula is C26H19F3N4O2S.